The summed E-state index contributed by atoms with van der Waals surface area (Å²) in [6.45, 7) is 2.08. The van der Waals surface area contributed by atoms with Crippen LogP contribution in [0.1, 0.15) is 84.0 Å². The van der Waals surface area contributed by atoms with Crippen LogP contribution in [0, 0.1) is 0 Å². The first kappa shape index (κ1) is 20.6. The van der Waals surface area contributed by atoms with Crippen molar-refractivity contribution in [3.63, 3.8) is 0 Å². The Morgan fingerprint density at radius 2 is 1.33 bits per heavy atom. The van der Waals surface area contributed by atoms with Crippen LogP contribution in [-0.2, 0) is 0 Å². The summed E-state index contributed by atoms with van der Waals surface area (Å²) in [6.07, 6.45) is 18.8. The summed E-state index contributed by atoms with van der Waals surface area (Å²) >= 11 is 0. The Labute approximate surface area is 131 Å². The summed E-state index contributed by atoms with van der Waals surface area (Å²) in [5, 5.41) is 18.3. The van der Waals surface area contributed by atoms with Gasteiger partial charge in [-0.25, -0.2) is 0 Å². The normalized spacial score (nSPS) is 14.7. The van der Waals surface area contributed by atoms with Gasteiger partial charge in [0.25, 0.3) is 0 Å². The number of aliphatic hydroxyl groups is 2. The zero-order chi connectivity index (χ0) is 15.8. The van der Waals surface area contributed by atoms with Gasteiger partial charge in [-0.05, 0) is 12.8 Å². The molecule has 0 aliphatic carbocycles. The molecule has 0 aromatic carbocycles. The van der Waals surface area contributed by atoms with Crippen LogP contribution in [-0.4, -0.2) is 29.0 Å². The molecule has 0 spiro atoms. The standard InChI is InChI=1S/C18H37NO2/c1-2-3-4-5-6-7-8-9-10-11-12-13-14-15-18(21)17(19)16-20/h14-15,17-18,20-21H,2-13,16,19H2,1H3. The van der Waals surface area contributed by atoms with Crippen molar-refractivity contribution < 1.29 is 10.2 Å². The maximum Gasteiger partial charge on any atom is 0.0894 e. The molecule has 0 bridgehead atoms. The van der Waals surface area contributed by atoms with Crippen LogP contribution in [0.3, 0.4) is 0 Å². The molecule has 0 amide bonds. The fourth-order valence-electron chi connectivity index (χ4n) is 2.41. The molecule has 0 radical (unpaired) electrons. The van der Waals surface area contributed by atoms with Gasteiger partial charge in [-0.15, -0.1) is 0 Å². The maximum atomic E-state index is 9.52. The largest absolute Gasteiger partial charge is 0.395 e. The Morgan fingerprint density at radius 1 is 0.857 bits per heavy atom. The summed E-state index contributed by atoms with van der Waals surface area (Å²) in [5.74, 6) is 0. The second-order valence-electron chi connectivity index (χ2n) is 6.09. The van der Waals surface area contributed by atoms with Crippen LogP contribution in [0.5, 0.6) is 0 Å². The fourth-order valence-corrected chi connectivity index (χ4v) is 2.41. The number of allylic oxidation sites excluding steroid dienone is 1. The lowest BCUT2D eigenvalue weighted by Crippen LogP contribution is -2.36. The smallest absolute Gasteiger partial charge is 0.0894 e. The van der Waals surface area contributed by atoms with E-state index in [1.54, 1.807) is 6.08 Å². The highest BCUT2D eigenvalue weighted by Gasteiger charge is 2.08. The van der Waals surface area contributed by atoms with Gasteiger partial charge < -0.3 is 15.9 Å². The van der Waals surface area contributed by atoms with Gasteiger partial charge in [0.1, 0.15) is 0 Å². The van der Waals surface area contributed by atoms with Gasteiger partial charge in [-0.2, -0.15) is 0 Å². The minimum Gasteiger partial charge on any atom is -0.395 e. The van der Waals surface area contributed by atoms with E-state index in [9.17, 15) is 5.11 Å². The SMILES string of the molecule is CCCCCCCCCCCCCC=CC(O)C(N)CO. The summed E-state index contributed by atoms with van der Waals surface area (Å²) < 4.78 is 0. The highest BCUT2D eigenvalue weighted by Crippen LogP contribution is 2.12. The van der Waals surface area contributed by atoms with Gasteiger partial charge in [0.2, 0.25) is 0 Å². The lowest BCUT2D eigenvalue weighted by molar-refractivity contribution is 0.144. The molecule has 0 aromatic heterocycles. The van der Waals surface area contributed by atoms with Crippen LogP contribution < -0.4 is 5.73 Å². The predicted octanol–water partition coefficient (Wildman–Crippen LogP) is 3.92. The number of hydrogen-bond donors (Lipinski definition) is 3. The zero-order valence-corrected chi connectivity index (χ0v) is 14.0. The molecule has 2 atom stereocenters. The second kappa shape index (κ2) is 16.0. The third-order valence-corrected chi connectivity index (χ3v) is 3.96. The lowest BCUT2D eigenvalue weighted by atomic mass is 10.0. The molecule has 0 rings (SSSR count). The van der Waals surface area contributed by atoms with Crippen molar-refractivity contribution in [2.24, 2.45) is 5.73 Å². The summed E-state index contributed by atoms with van der Waals surface area (Å²) in [6, 6.07) is -0.557. The Kier molecular flexibility index (Phi) is 15.7. The number of hydrogen-bond acceptors (Lipinski definition) is 3. The molecule has 126 valence electrons. The van der Waals surface area contributed by atoms with Crippen LogP contribution in [0.25, 0.3) is 0 Å². The first-order chi connectivity index (χ1) is 10.2. The highest BCUT2D eigenvalue weighted by molar-refractivity contribution is 4.93. The Bertz CT molecular complexity index is 231. The number of nitrogens with two attached hydrogens (primary N) is 1. The van der Waals surface area contributed by atoms with E-state index >= 15 is 0 Å². The predicted molar refractivity (Wildman–Crippen MR) is 91.3 cm³/mol. The van der Waals surface area contributed by atoms with Gasteiger partial charge in [0.05, 0.1) is 18.8 Å². The molecule has 0 saturated heterocycles. The highest BCUT2D eigenvalue weighted by atomic mass is 16.3. The molecule has 0 aliphatic heterocycles. The summed E-state index contributed by atoms with van der Waals surface area (Å²) in [7, 11) is 0. The van der Waals surface area contributed by atoms with Crippen LogP contribution in [0.4, 0.5) is 0 Å². The van der Waals surface area contributed by atoms with Crippen molar-refractivity contribution in [2.75, 3.05) is 6.61 Å². The molecule has 4 N–H and O–H groups in total. The molecule has 21 heavy (non-hydrogen) atoms. The topological polar surface area (TPSA) is 66.5 Å². The molecule has 0 heterocycles. The molecule has 3 nitrogen and oxygen atoms in total. The van der Waals surface area contributed by atoms with E-state index in [0.29, 0.717) is 0 Å². The van der Waals surface area contributed by atoms with Crippen LogP contribution in [0.15, 0.2) is 12.2 Å². The van der Waals surface area contributed by atoms with Crippen LogP contribution >= 0.6 is 0 Å². The van der Waals surface area contributed by atoms with Crippen molar-refractivity contribution in [3.8, 4) is 0 Å². The zero-order valence-electron chi connectivity index (χ0n) is 14.0. The third-order valence-electron chi connectivity index (χ3n) is 3.96. The van der Waals surface area contributed by atoms with E-state index < -0.39 is 12.1 Å². The first-order valence-corrected chi connectivity index (χ1v) is 8.93. The molecule has 0 saturated carbocycles. The quantitative estimate of drug-likeness (QED) is 0.317. The van der Waals surface area contributed by atoms with Gasteiger partial charge in [-0.1, -0.05) is 83.3 Å². The van der Waals surface area contributed by atoms with Crippen LogP contribution in [0.2, 0.25) is 0 Å². The van der Waals surface area contributed by atoms with Crippen molar-refractivity contribution >= 4 is 0 Å². The van der Waals surface area contributed by atoms with Gasteiger partial charge in [0.15, 0.2) is 0 Å². The lowest BCUT2D eigenvalue weighted by Gasteiger charge is -2.11. The Morgan fingerprint density at radius 3 is 1.81 bits per heavy atom. The van der Waals surface area contributed by atoms with E-state index in [2.05, 4.69) is 6.92 Å². The number of unbranched alkanes of at least 4 members (excludes halogenated alkanes) is 11. The second-order valence-corrected chi connectivity index (χ2v) is 6.09. The Balaban J connectivity index is 3.20. The van der Waals surface area contributed by atoms with Crippen molar-refractivity contribution in [3.05, 3.63) is 12.2 Å². The van der Waals surface area contributed by atoms with E-state index in [-0.39, 0.29) is 6.61 Å². The monoisotopic (exact) mass is 299 g/mol. The minimum absolute atomic E-state index is 0.177. The number of aliphatic hydroxyl groups excluding tert-OH is 2. The molecular weight excluding hydrogens is 262 g/mol. The summed E-state index contributed by atoms with van der Waals surface area (Å²) in [5.41, 5.74) is 5.51. The van der Waals surface area contributed by atoms with Crippen molar-refractivity contribution in [1.29, 1.82) is 0 Å². The first-order valence-electron chi connectivity index (χ1n) is 8.93. The molecule has 0 aliphatic rings. The maximum absolute atomic E-state index is 9.52. The van der Waals surface area contributed by atoms with E-state index in [0.717, 1.165) is 6.42 Å². The molecule has 0 aromatic rings. The third kappa shape index (κ3) is 14.3. The number of rotatable bonds is 15. The fraction of sp³-hybridized carbons (Fsp3) is 0.889. The molecule has 3 heteroatoms. The van der Waals surface area contributed by atoms with E-state index in [1.807, 2.05) is 6.08 Å². The molecular formula is C18H37NO2. The van der Waals surface area contributed by atoms with Crippen molar-refractivity contribution in [1.82, 2.24) is 0 Å². The van der Waals surface area contributed by atoms with E-state index in [1.165, 1.54) is 70.6 Å². The van der Waals surface area contributed by atoms with Gasteiger partial charge in [-0.3, -0.25) is 0 Å². The van der Waals surface area contributed by atoms with Crippen molar-refractivity contribution in [2.45, 2.75) is 96.1 Å². The molecule has 2 unspecified atom stereocenters. The minimum atomic E-state index is -0.720. The molecule has 0 fully saturated rings. The van der Waals surface area contributed by atoms with Gasteiger partial charge in [0, 0.05) is 0 Å². The summed E-state index contributed by atoms with van der Waals surface area (Å²) in [4.78, 5) is 0. The average Bonchev–Trinajstić information content (AvgIpc) is 2.50. The van der Waals surface area contributed by atoms with Gasteiger partial charge >= 0.3 is 0 Å². The average molecular weight is 299 g/mol. The van der Waals surface area contributed by atoms with E-state index in [4.69, 9.17) is 10.8 Å². The Hall–Kier alpha value is -0.380.